The first-order valence-corrected chi connectivity index (χ1v) is 9.03. The van der Waals surface area contributed by atoms with Crippen molar-refractivity contribution in [3.63, 3.8) is 0 Å². The van der Waals surface area contributed by atoms with Crippen LogP contribution in [-0.4, -0.2) is 6.54 Å². The van der Waals surface area contributed by atoms with Gasteiger partial charge in [0.1, 0.15) is 0 Å². The van der Waals surface area contributed by atoms with E-state index in [2.05, 4.69) is 15.9 Å². The fraction of sp³-hybridized carbons (Fsp3) is 0.333. The molecule has 0 aliphatic rings. The number of anilines is 1. The van der Waals surface area contributed by atoms with E-state index in [9.17, 15) is 26.3 Å². The summed E-state index contributed by atoms with van der Waals surface area (Å²) in [6.07, 6.45) is -9.10. The Hall–Kier alpha value is -1.41. The van der Waals surface area contributed by atoms with Crippen molar-refractivity contribution in [3.8, 4) is 0 Å². The van der Waals surface area contributed by atoms with E-state index in [1.54, 1.807) is 18.7 Å². The lowest BCUT2D eigenvalue weighted by molar-refractivity contribution is -0.138. The van der Waals surface area contributed by atoms with Gasteiger partial charge in [-0.25, -0.2) is 0 Å². The highest BCUT2D eigenvalue weighted by Gasteiger charge is 2.35. The second kappa shape index (κ2) is 7.91. The van der Waals surface area contributed by atoms with Gasteiger partial charge in [0.15, 0.2) is 0 Å². The SMILES string of the molecule is CCN(c1ccc(Cl)c(C(F)(F)F)c1)C(C)c1ccc(C(F)(F)F)c(Br)c1. The van der Waals surface area contributed by atoms with Crippen LogP contribution in [0.5, 0.6) is 0 Å². The van der Waals surface area contributed by atoms with E-state index < -0.39 is 34.5 Å². The van der Waals surface area contributed by atoms with E-state index in [0.717, 1.165) is 18.2 Å². The van der Waals surface area contributed by atoms with E-state index in [-0.39, 0.29) is 10.2 Å². The molecule has 2 aromatic rings. The number of nitrogens with zero attached hydrogens (tertiary/aromatic N) is 1. The number of hydrogen-bond acceptors (Lipinski definition) is 1. The molecule has 1 unspecified atom stereocenters. The molecule has 1 nitrogen and oxygen atoms in total. The van der Waals surface area contributed by atoms with Crippen LogP contribution in [0.15, 0.2) is 40.9 Å². The zero-order valence-corrected chi connectivity index (χ0v) is 16.6. The number of alkyl halides is 6. The highest BCUT2D eigenvalue weighted by molar-refractivity contribution is 9.10. The second-order valence-corrected chi connectivity index (χ2v) is 7.12. The van der Waals surface area contributed by atoms with Gasteiger partial charge in [0.2, 0.25) is 0 Å². The third-order valence-corrected chi connectivity index (χ3v) is 5.16. The Morgan fingerprint density at radius 2 is 1.56 bits per heavy atom. The Labute approximate surface area is 166 Å². The third kappa shape index (κ3) is 4.90. The zero-order chi connectivity index (χ0) is 20.6. The molecule has 0 N–H and O–H groups in total. The largest absolute Gasteiger partial charge is 0.417 e. The van der Waals surface area contributed by atoms with Crippen LogP contribution in [0.3, 0.4) is 0 Å². The van der Waals surface area contributed by atoms with Gasteiger partial charge in [-0.15, -0.1) is 0 Å². The van der Waals surface area contributed by atoms with Crippen molar-refractivity contribution < 1.29 is 26.3 Å². The number of halogens is 8. The highest BCUT2D eigenvalue weighted by Crippen LogP contribution is 2.40. The summed E-state index contributed by atoms with van der Waals surface area (Å²) in [4.78, 5) is 1.65. The van der Waals surface area contributed by atoms with Gasteiger partial charge in [-0.1, -0.05) is 33.6 Å². The summed E-state index contributed by atoms with van der Waals surface area (Å²) in [6.45, 7) is 3.80. The van der Waals surface area contributed by atoms with Crippen molar-refractivity contribution in [3.05, 3.63) is 62.6 Å². The number of benzene rings is 2. The minimum absolute atomic E-state index is 0.123. The van der Waals surface area contributed by atoms with Gasteiger partial charge in [0.05, 0.1) is 22.2 Å². The molecule has 0 aliphatic carbocycles. The van der Waals surface area contributed by atoms with E-state index in [1.807, 2.05) is 0 Å². The maximum Gasteiger partial charge on any atom is 0.417 e. The van der Waals surface area contributed by atoms with Crippen LogP contribution in [0.1, 0.15) is 36.6 Å². The van der Waals surface area contributed by atoms with E-state index >= 15 is 0 Å². The maximum atomic E-state index is 13.1. The van der Waals surface area contributed by atoms with E-state index in [0.29, 0.717) is 12.1 Å². The maximum absolute atomic E-state index is 13.1. The van der Waals surface area contributed by atoms with Crippen molar-refractivity contribution >= 4 is 33.2 Å². The molecular weight excluding hydrogens is 460 g/mol. The predicted octanol–water partition coefficient (Wildman–Crippen LogP) is 7.73. The molecule has 27 heavy (non-hydrogen) atoms. The minimum Gasteiger partial charge on any atom is -0.365 e. The van der Waals surface area contributed by atoms with Crippen molar-refractivity contribution in [1.29, 1.82) is 0 Å². The van der Waals surface area contributed by atoms with E-state index in [4.69, 9.17) is 11.6 Å². The molecule has 2 rings (SSSR count). The Morgan fingerprint density at radius 1 is 0.963 bits per heavy atom. The molecule has 0 fully saturated rings. The standard InChI is InChI=1S/C18H15BrClF6N/c1-3-27(12-5-7-16(20)14(9-12)18(24,25)26)10(2)11-4-6-13(15(19)8-11)17(21,22)23/h4-10H,3H2,1-2H3. The van der Waals surface area contributed by atoms with Crippen LogP contribution in [0, 0.1) is 0 Å². The topological polar surface area (TPSA) is 3.24 Å². The minimum atomic E-state index is -4.60. The van der Waals surface area contributed by atoms with Gasteiger partial charge in [-0.3, -0.25) is 0 Å². The van der Waals surface area contributed by atoms with E-state index in [1.165, 1.54) is 18.2 Å². The summed E-state index contributed by atoms with van der Waals surface area (Å²) in [6, 6.07) is 6.71. The van der Waals surface area contributed by atoms with Crippen LogP contribution in [0.25, 0.3) is 0 Å². The van der Waals surface area contributed by atoms with Crippen LogP contribution in [0.4, 0.5) is 32.0 Å². The molecule has 0 heterocycles. The molecule has 9 heteroatoms. The molecule has 0 aromatic heterocycles. The molecule has 0 spiro atoms. The summed E-state index contributed by atoms with van der Waals surface area (Å²) >= 11 is 8.58. The second-order valence-electron chi connectivity index (χ2n) is 5.86. The fourth-order valence-electron chi connectivity index (χ4n) is 2.79. The van der Waals surface area contributed by atoms with Crippen molar-refractivity contribution in [1.82, 2.24) is 0 Å². The van der Waals surface area contributed by atoms with Gasteiger partial charge >= 0.3 is 12.4 Å². The van der Waals surface area contributed by atoms with Gasteiger partial charge < -0.3 is 4.90 Å². The fourth-order valence-corrected chi connectivity index (χ4v) is 3.64. The molecule has 0 aliphatic heterocycles. The molecule has 0 saturated heterocycles. The normalized spacial score (nSPS) is 13.6. The monoisotopic (exact) mass is 473 g/mol. The Bertz CT molecular complexity index is 818. The quantitative estimate of drug-likeness (QED) is 0.410. The van der Waals surface area contributed by atoms with Crippen LogP contribution >= 0.6 is 27.5 Å². The number of hydrogen-bond donors (Lipinski definition) is 0. The Balaban J connectivity index is 2.42. The Kier molecular flexibility index (Phi) is 6.41. The molecule has 0 amide bonds. The average Bonchev–Trinajstić information content (AvgIpc) is 2.54. The van der Waals surface area contributed by atoms with Crippen LogP contribution in [-0.2, 0) is 12.4 Å². The molecule has 0 radical (unpaired) electrons. The van der Waals surface area contributed by atoms with Gasteiger partial charge in [-0.2, -0.15) is 26.3 Å². The first-order valence-electron chi connectivity index (χ1n) is 7.86. The molecule has 148 valence electrons. The van der Waals surface area contributed by atoms with Crippen LogP contribution < -0.4 is 4.90 Å². The zero-order valence-electron chi connectivity index (χ0n) is 14.2. The summed E-state index contributed by atoms with van der Waals surface area (Å²) in [5, 5.41) is -0.410. The predicted molar refractivity (Wildman–Crippen MR) is 97.0 cm³/mol. The molecule has 0 saturated carbocycles. The smallest absolute Gasteiger partial charge is 0.365 e. The molecule has 0 bridgehead atoms. The van der Waals surface area contributed by atoms with Crippen LogP contribution in [0.2, 0.25) is 5.02 Å². The van der Waals surface area contributed by atoms with Crippen molar-refractivity contribution in [2.75, 3.05) is 11.4 Å². The summed E-state index contributed by atoms with van der Waals surface area (Å²) < 4.78 is 77.9. The lowest BCUT2D eigenvalue weighted by Crippen LogP contribution is -2.27. The average molecular weight is 475 g/mol. The third-order valence-electron chi connectivity index (χ3n) is 4.18. The molecule has 1 atom stereocenters. The van der Waals surface area contributed by atoms with Crippen molar-refractivity contribution in [2.24, 2.45) is 0 Å². The van der Waals surface area contributed by atoms with Gasteiger partial charge in [0, 0.05) is 16.7 Å². The van der Waals surface area contributed by atoms with Gasteiger partial charge in [-0.05, 0) is 49.7 Å². The number of rotatable bonds is 4. The lowest BCUT2D eigenvalue weighted by atomic mass is 10.0. The summed E-state index contributed by atoms with van der Waals surface area (Å²) in [7, 11) is 0. The Morgan fingerprint density at radius 3 is 2.04 bits per heavy atom. The summed E-state index contributed by atoms with van der Waals surface area (Å²) in [5.74, 6) is 0. The molecule has 2 aromatic carbocycles. The molecular formula is C18H15BrClF6N. The first kappa shape index (κ1) is 21.9. The summed E-state index contributed by atoms with van der Waals surface area (Å²) in [5.41, 5.74) is -0.966. The first-order chi connectivity index (χ1) is 12.4. The highest BCUT2D eigenvalue weighted by atomic mass is 79.9. The van der Waals surface area contributed by atoms with Gasteiger partial charge in [0.25, 0.3) is 0 Å². The lowest BCUT2D eigenvalue weighted by Gasteiger charge is -2.31. The van der Waals surface area contributed by atoms with Crippen molar-refractivity contribution in [2.45, 2.75) is 32.2 Å².